The third kappa shape index (κ3) is 8.25. The lowest BCUT2D eigenvalue weighted by molar-refractivity contribution is -0.342. The normalized spacial score (nSPS) is 27.4. The van der Waals surface area contributed by atoms with Crippen LogP contribution in [0.2, 0.25) is 0 Å². The number of aromatic hydroxyl groups is 3. The highest BCUT2D eigenvalue weighted by atomic mass is 16.7. The summed E-state index contributed by atoms with van der Waals surface area (Å²) in [7, 11) is 3.86. The first-order chi connectivity index (χ1) is 27.7. The molecule has 0 radical (unpaired) electrons. The summed E-state index contributed by atoms with van der Waals surface area (Å²) in [5, 5.41) is 95.8. The Balaban J connectivity index is 1.27. The minimum Gasteiger partial charge on any atom is -0.508 e. The maximum atomic E-state index is 13.5. The highest BCUT2D eigenvalue weighted by Crippen LogP contribution is 2.47. The first-order valence-corrected chi connectivity index (χ1v) is 17.7. The average molecular weight is 815 g/mol. The molecule has 3 aromatic carbocycles. The van der Waals surface area contributed by atoms with Crippen LogP contribution in [0, 0.1) is 0 Å². The third-order valence-corrected chi connectivity index (χ3v) is 9.78. The Bertz CT molecular complexity index is 2160. The molecule has 0 spiro atoms. The number of phenolic OH excluding ortho intramolecular Hbond substituents is 3. The van der Waals surface area contributed by atoms with Gasteiger partial charge in [0.05, 0.1) is 33.5 Å². The molecule has 10 atom stereocenters. The van der Waals surface area contributed by atoms with Crippen molar-refractivity contribution in [3.05, 3.63) is 76.0 Å². The Morgan fingerprint density at radius 3 is 2.02 bits per heavy atom. The Hall–Kier alpha value is -5.48. The summed E-state index contributed by atoms with van der Waals surface area (Å²) < 4.78 is 44.5. The van der Waals surface area contributed by atoms with E-state index in [1.54, 1.807) is 0 Å². The number of carbonyl (C=O) groups excluding carboxylic acids is 1. The van der Waals surface area contributed by atoms with Crippen LogP contribution in [0.25, 0.3) is 28.4 Å². The lowest BCUT2D eigenvalue weighted by atomic mass is 9.89. The van der Waals surface area contributed by atoms with Gasteiger partial charge >= 0.3 is 5.97 Å². The standard InChI is InChI=1S/C39H42O19/c1-51-21-13-22-28(19(42)12-20(55-22)17-5-7-18(41)8-6-17)33(47)29(21)37-38(35(49)31(45)25(14-40)56-37)58-39-36(50)34(48)32(46)26(57-39)15-54-27(43)9-4-16-10-23(52-2)30(44)24(11-16)53-3/h4-13,25-26,31-32,34-41,44-50H,14-15H2,1-3H3/t25-,26-,31-,32-,34-,35-,36-,37+,38-,39-/m0/s1. The second-order valence-electron chi connectivity index (χ2n) is 13.3. The summed E-state index contributed by atoms with van der Waals surface area (Å²) in [6, 6.07) is 11.0. The van der Waals surface area contributed by atoms with Gasteiger partial charge in [0.15, 0.2) is 23.2 Å². The second kappa shape index (κ2) is 17.6. The van der Waals surface area contributed by atoms with Gasteiger partial charge in [-0.05, 0) is 48.0 Å². The van der Waals surface area contributed by atoms with Crippen LogP contribution in [0.15, 0.2) is 63.8 Å². The van der Waals surface area contributed by atoms with Crippen LogP contribution in [-0.2, 0) is 23.7 Å². The van der Waals surface area contributed by atoms with Gasteiger partial charge in [-0.1, -0.05) is 0 Å². The molecular weight excluding hydrogens is 772 g/mol. The van der Waals surface area contributed by atoms with E-state index in [0.717, 1.165) is 12.1 Å². The van der Waals surface area contributed by atoms with E-state index in [0.29, 0.717) is 11.1 Å². The fourth-order valence-corrected chi connectivity index (χ4v) is 6.69. The average Bonchev–Trinajstić information content (AvgIpc) is 3.21. The van der Waals surface area contributed by atoms with Crippen LogP contribution in [0.1, 0.15) is 17.2 Å². The van der Waals surface area contributed by atoms with E-state index in [4.69, 9.17) is 37.6 Å². The van der Waals surface area contributed by atoms with E-state index in [1.165, 1.54) is 69.9 Å². The van der Waals surface area contributed by atoms with Gasteiger partial charge in [-0.15, -0.1) is 0 Å². The summed E-state index contributed by atoms with van der Waals surface area (Å²) in [5.74, 6) is -1.91. The van der Waals surface area contributed by atoms with Crippen LogP contribution in [0.3, 0.4) is 0 Å². The molecule has 1 aromatic heterocycles. The predicted molar refractivity (Wildman–Crippen MR) is 197 cm³/mol. The van der Waals surface area contributed by atoms with Crippen molar-refractivity contribution >= 4 is 23.0 Å². The van der Waals surface area contributed by atoms with Gasteiger partial charge in [0.25, 0.3) is 0 Å². The zero-order valence-electron chi connectivity index (χ0n) is 31.1. The minimum atomic E-state index is -2.01. The summed E-state index contributed by atoms with van der Waals surface area (Å²) in [5.41, 5.74) is -0.367. The Morgan fingerprint density at radius 2 is 1.40 bits per heavy atom. The van der Waals surface area contributed by atoms with Crippen molar-refractivity contribution in [2.45, 2.75) is 61.2 Å². The summed E-state index contributed by atoms with van der Waals surface area (Å²) in [6.07, 6.45) is -15.7. The van der Waals surface area contributed by atoms with Crippen molar-refractivity contribution in [2.75, 3.05) is 34.5 Å². The van der Waals surface area contributed by atoms with Crippen molar-refractivity contribution in [3.63, 3.8) is 0 Å². The highest BCUT2D eigenvalue weighted by molar-refractivity contribution is 5.89. The molecule has 2 saturated heterocycles. The Labute approximate surface area is 328 Å². The fraction of sp³-hybridized carbons (Fsp3) is 0.385. The molecule has 6 rings (SSSR count). The van der Waals surface area contributed by atoms with Gasteiger partial charge in [-0.25, -0.2) is 4.79 Å². The molecule has 0 amide bonds. The van der Waals surface area contributed by atoms with Crippen molar-refractivity contribution in [1.82, 2.24) is 0 Å². The van der Waals surface area contributed by atoms with Gasteiger partial charge in [-0.2, -0.15) is 0 Å². The monoisotopic (exact) mass is 814 g/mol. The number of ether oxygens (including phenoxy) is 7. The second-order valence-corrected chi connectivity index (χ2v) is 13.3. The van der Waals surface area contributed by atoms with Crippen LogP contribution < -0.4 is 19.6 Å². The molecule has 19 nitrogen and oxygen atoms in total. The molecule has 2 aliphatic rings. The molecule has 2 aliphatic heterocycles. The SMILES string of the molecule is COc1cc(C=CC(=O)OC[C@@H]2O[C@@H](O[C@H]3[C@@H](O)[C@@H](O)[C@H](CO)O[C@@H]3c3c(OC)cc4oc(-c5ccc(O)cc5)cc(=O)c4c3O)[C@@H](O)[C@@H](O)[C@H]2O)cc(OC)c1O. The van der Waals surface area contributed by atoms with E-state index in [2.05, 4.69) is 0 Å². The van der Waals surface area contributed by atoms with Crippen LogP contribution in [0.5, 0.6) is 34.5 Å². The highest BCUT2D eigenvalue weighted by Gasteiger charge is 2.52. The van der Waals surface area contributed by atoms with E-state index >= 15 is 0 Å². The number of phenols is 3. The van der Waals surface area contributed by atoms with Crippen LogP contribution in [-0.4, -0.2) is 142 Å². The lowest BCUT2D eigenvalue weighted by Crippen LogP contribution is -2.63. The molecule has 19 heteroatoms. The van der Waals surface area contributed by atoms with Gasteiger partial charge in [-0.3, -0.25) is 4.79 Å². The smallest absolute Gasteiger partial charge is 0.330 e. The van der Waals surface area contributed by atoms with Crippen molar-refractivity contribution in [2.24, 2.45) is 0 Å². The number of esters is 1. The maximum Gasteiger partial charge on any atom is 0.330 e. The predicted octanol–water partition coefficient (Wildman–Crippen LogP) is 0.206. The van der Waals surface area contributed by atoms with E-state index in [-0.39, 0.29) is 51.0 Å². The zero-order chi connectivity index (χ0) is 42.0. The molecule has 2 fully saturated rings. The van der Waals surface area contributed by atoms with Crippen molar-refractivity contribution in [1.29, 1.82) is 0 Å². The number of rotatable bonds is 12. The number of aliphatic hydroxyl groups is 6. The number of carbonyl (C=O) groups is 1. The first-order valence-electron chi connectivity index (χ1n) is 17.7. The molecule has 3 heterocycles. The molecule has 58 heavy (non-hydrogen) atoms. The third-order valence-electron chi connectivity index (χ3n) is 9.78. The zero-order valence-corrected chi connectivity index (χ0v) is 31.1. The molecule has 0 unspecified atom stereocenters. The quantitative estimate of drug-likeness (QED) is 0.0682. The first kappa shape index (κ1) is 42.1. The van der Waals surface area contributed by atoms with E-state index in [1.807, 2.05) is 0 Å². The van der Waals surface area contributed by atoms with Gasteiger partial charge in [0.1, 0.15) is 95.5 Å². The van der Waals surface area contributed by atoms with Gasteiger partial charge < -0.3 is 83.5 Å². The number of fused-ring (bicyclic) bond motifs is 1. The number of benzene rings is 3. The van der Waals surface area contributed by atoms with Gasteiger partial charge in [0, 0.05) is 23.8 Å². The molecule has 0 saturated carbocycles. The summed E-state index contributed by atoms with van der Waals surface area (Å²) >= 11 is 0. The number of hydrogen-bond acceptors (Lipinski definition) is 19. The molecule has 312 valence electrons. The van der Waals surface area contributed by atoms with Crippen molar-refractivity contribution < 1.29 is 88.3 Å². The minimum absolute atomic E-state index is 0.0242. The summed E-state index contributed by atoms with van der Waals surface area (Å²) in [6.45, 7) is -1.53. The van der Waals surface area contributed by atoms with E-state index < -0.39 is 91.6 Å². The Kier molecular flexibility index (Phi) is 12.8. The number of aliphatic hydroxyl groups excluding tert-OH is 6. The topological polar surface area (TPSA) is 294 Å². The van der Waals surface area contributed by atoms with Gasteiger partial charge in [0.2, 0.25) is 5.75 Å². The number of methoxy groups -OCH3 is 3. The fourth-order valence-electron chi connectivity index (χ4n) is 6.69. The van der Waals surface area contributed by atoms with Crippen LogP contribution in [0.4, 0.5) is 0 Å². The number of hydrogen-bond donors (Lipinski definition) is 9. The summed E-state index contributed by atoms with van der Waals surface area (Å²) in [4.78, 5) is 26.2. The molecule has 0 aliphatic carbocycles. The molecule has 0 bridgehead atoms. The Morgan fingerprint density at radius 1 is 0.759 bits per heavy atom. The largest absolute Gasteiger partial charge is 0.508 e. The molecule has 9 N–H and O–H groups in total. The maximum absolute atomic E-state index is 13.5. The lowest BCUT2D eigenvalue weighted by Gasteiger charge is -2.46. The van der Waals surface area contributed by atoms with Crippen molar-refractivity contribution in [3.8, 4) is 45.8 Å². The van der Waals surface area contributed by atoms with E-state index in [9.17, 15) is 55.5 Å². The molecular formula is C39H42O19. The molecule has 4 aromatic rings. The van der Waals surface area contributed by atoms with Crippen LogP contribution >= 0.6 is 0 Å².